The summed E-state index contributed by atoms with van der Waals surface area (Å²) in [7, 11) is -2.82. The number of rotatable bonds is 4. The van der Waals surface area contributed by atoms with Crippen LogP contribution in [-0.2, 0) is 23.8 Å². The summed E-state index contributed by atoms with van der Waals surface area (Å²) < 4.78 is 31.2. The number of aliphatic hydroxyl groups is 1. The molecule has 0 fully saturated rings. The molecule has 0 saturated heterocycles. The monoisotopic (exact) mass is 261 g/mol. The first-order valence-corrected chi connectivity index (χ1v) is 5.62. The third-order valence-corrected chi connectivity index (χ3v) is 2.71. The summed E-state index contributed by atoms with van der Waals surface area (Å²) in [6, 6.07) is 7.49. The van der Waals surface area contributed by atoms with Gasteiger partial charge in [-0.15, -0.1) is 0 Å². The third kappa shape index (κ3) is 5.91. The molecule has 1 aromatic carbocycles. The summed E-state index contributed by atoms with van der Waals surface area (Å²) in [5.74, 6) is 0. The van der Waals surface area contributed by atoms with E-state index in [0.717, 1.165) is 13.2 Å². The second-order valence-corrected chi connectivity index (χ2v) is 4.08. The maximum Gasteiger partial charge on any atom is 0.301 e. The van der Waals surface area contributed by atoms with E-state index >= 15 is 0 Å². The van der Waals surface area contributed by atoms with Gasteiger partial charge in [-0.3, -0.25) is 0 Å². The largest absolute Gasteiger partial charge is 0.345 e. The van der Waals surface area contributed by atoms with Gasteiger partial charge >= 0.3 is 10.1 Å². The van der Waals surface area contributed by atoms with Crippen LogP contribution in [-0.4, -0.2) is 33.2 Å². The van der Waals surface area contributed by atoms with Crippen LogP contribution < -0.4 is 0 Å². The van der Waals surface area contributed by atoms with Crippen molar-refractivity contribution in [3.05, 3.63) is 30.3 Å². The Labute approximate surface area is 98.2 Å². The van der Waals surface area contributed by atoms with Gasteiger partial charge in [0.15, 0.2) is 0 Å². The van der Waals surface area contributed by atoms with E-state index in [1.807, 2.05) is 0 Å². The molecule has 94 valence electrons. The number of hydrogen-bond acceptors (Lipinski definition) is 7. The molecule has 7 nitrogen and oxygen atoms in total. The van der Waals surface area contributed by atoms with Crippen molar-refractivity contribution in [3.63, 3.8) is 0 Å². The number of ether oxygens (including phenoxy) is 1. The highest BCUT2D eigenvalue weighted by Crippen LogP contribution is 2.12. The van der Waals surface area contributed by atoms with Crippen molar-refractivity contribution in [2.75, 3.05) is 7.11 Å². The molecule has 0 aliphatic carbocycles. The fourth-order valence-corrected chi connectivity index (χ4v) is 1.69. The molecule has 8 heteroatoms. The second kappa shape index (κ2) is 7.66. The molecule has 1 aromatic rings. The first-order chi connectivity index (χ1) is 7.97. The molecule has 0 heterocycles. The summed E-state index contributed by atoms with van der Waals surface area (Å²) in [6.07, 6.45) is 0.750. The molecule has 0 aliphatic heterocycles. The van der Waals surface area contributed by atoms with E-state index in [-0.39, 0.29) is 4.90 Å². The average molecular weight is 261 g/mol. The minimum atomic E-state index is -3.95. The predicted molar refractivity (Wildman–Crippen MR) is 56.1 cm³/mol. The van der Waals surface area contributed by atoms with Crippen LogP contribution in [0.1, 0.15) is 0 Å². The number of hydrogen-bond donors (Lipinski definition) is 2. The molecule has 1 rings (SSSR count). The molecular weight excluding hydrogens is 250 g/mol. The minimum absolute atomic E-state index is 0.0314. The Balaban J connectivity index is 0.000000770. The lowest BCUT2D eigenvalue weighted by molar-refractivity contribution is -0.197. The fraction of sp³-hybridized carbons (Fsp3) is 0.222. The SMILES string of the molecule is COC(O)OS(=O)(=O)c1ccccc1.N=C=O. The topological polar surface area (TPSA) is 114 Å². The summed E-state index contributed by atoms with van der Waals surface area (Å²) in [4.78, 5) is 8.32. The van der Waals surface area contributed by atoms with Crippen molar-refractivity contribution in [2.45, 2.75) is 11.4 Å². The average Bonchev–Trinajstić information content (AvgIpc) is 2.30. The van der Waals surface area contributed by atoms with Crippen LogP contribution in [0.5, 0.6) is 0 Å². The number of aliphatic hydroxyl groups excluding tert-OH is 1. The van der Waals surface area contributed by atoms with Crippen molar-refractivity contribution in [1.82, 2.24) is 0 Å². The van der Waals surface area contributed by atoms with Gasteiger partial charge in [0.2, 0.25) is 6.08 Å². The first-order valence-electron chi connectivity index (χ1n) is 4.21. The Morgan fingerprint density at radius 2 is 1.82 bits per heavy atom. The van der Waals surface area contributed by atoms with Crippen molar-refractivity contribution >= 4 is 16.2 Å². The lowest BCUT2D eigenvalue weighted by Crippen LogP contribution is -2.19. The Hall–Kier alpha value is -1.57. The number of nitrogens with one attached hydrogen (secondary N) is 1. The van der Waals surface area contributed by atoms with E-state index in [9.17, 15) is 8.42 Å². The Morgan fingerprint density at radius 3 is 2.24 bits per heavy atom. The molecule has 1 unspecified atom stereocenters. The molecule has 0 aromatic heterocycles. The van der Waals surface area contributed by atoms with E-state index in [4.69, 9.17) is 15.3 Å². The van der Waals surface area contributed by atoms with E-state index in [2.05, 4.69) is 8.92 Å². The van der Waals surface area contributed by atoms with Gasteiger partial charge in [-0.2, -0.15) is 8.42 Å². The van der Waals surface area contributed by atoms with Crippen molar-refractivity contribution < 1.29 is 27.2 Å². The maximum absolute atomic E-state index is 11.3. The molecular formula is C9H11NO6S. The minimum Gasteiger partial charge on any atom is -0.345 e. The molecule has 0 aliphatic rings. The van der Waals surface area contributed by atoms with Gasteiger partial charge in [-0.05, 0) is 12.1 Å². The molecule has 0 amide bonds. The van der Waals surface area contributed by atoms with Gasteiger partial charge in [0.1, 0.15) is 0 Å². The lowest BCUT2D eigenvalue weighted by atomic mass is 10.4. The Bertz CT molecular complexity index is 452. The van der Waals surface area contributed by atoms with Gasteiger partial charge in [-0.1, -0.05) is 18.2 Å². The summed E-state index contributed by atoms with van der Waals surface area (Å²) in [6.45, 7) is -1.78. The molecule has 0 saturated carbocycles. The molecule has 17 heavy (non-hydrogen) atoms. The van der Waals surface area contributed by atoms with Gasteiger partial charge in [-0.25, -0.2) is 14.4 Å². The molecule has 0 bridgehead atoms. The van der Waals surface area contributed by atoms with Gasteiger partial charge in [0.05, 0.1) is 4.90 Å². The molecule has 0 radical (unpaired) electrons. The summed E-state index contributed by atoms with van der Waals surface area (Å²) in [5.41, 5.74) is 0. The second-order valence-electron chi connectivity index (χ2n) is 2.51. The summed E-state index contributed by atoms with van der Waals surface area (Å²) >= 11 is 0. The van der Waals surface area contributed by atoms with Crippen LogP contribution in [0, 0.1) is 5.41 Å². The Kier molecular flexibility index (Phi) is 6.95. The van der Waals surface area contributed by atoms with Crippen LogP contribution in [0.15, 0.2) is 35.2 Å². The standard InChI is InChI=1S/C8H10O5S.CHNO/c1-12-8(9)13-14(10,11)7-5-3-2-4-6-7;2-1-3/h2-6,8-9H,1H3;2H. The van der Waals surface area contributed by atoms with Crippen LogP contribution >= 0.6 is 0 Å². The molecule has 0 spiro atoms. The number of isocyanates is 1. The Morgan fingerprint density at radius 1 is 1.35 bits per heavy atom. The number of benzene rings is 1. The van der Waals surface area contributed by atoms with E-state index in [0.29, 0.717) is 0 Å². The highest BCUT2D eigenvalue weighted by atomic mass is 32.2. The zero-order chi connectivity index (χ0) is 13.3. The van der Waals surface area contributed by atoms with Crippen molar-refractivity contribution in [2.24, 2.45) is 0 Å². The highest BCUT2D eigenvalue weighted by molar-refractivity contribution is 7.86. The zero-order valence-electron chi connectivity index (χ0n) is 8.86. The van der Waals surface area contributed by atoms with Crippen LogP contribution in [0.4, 0.5) is 0 Å². The zero-order valence-corrected chi connectivity index (χ0v) is 9.68. The fourth-order valence-electron chi connectivity index (χ4n) is 0.790. The quantitative estimate of drug-likeness (QED) is 0.347. The molecule has 1 atom stereocenters. The van der Waals surface area contributed by atoms with Crippen molar-refractivity contribution in [1.29, 1.82) is 5.41 Å². The number of carbonyl (C=O) groups excluding carboxylic acids is 1. The van der Waals surface area contributed by atoms with Crippen LogP contribution in [0.2, 0.25) is 0 Å². The van der Waals surface area contributed by atoms with E-state index in [1.54, 1.807) is 18.2 Å². The molecule has 2 N–H and O–H groups in total. The highest BCUT2D eigenvalue weighted by Gasteiger charge is 2.19. The van der Waals surface area contributed by atoms with Gasteiger partial charge < -0.3 is 9.84 Å². The lowest BCUT2D eigenvalue weighted by Gasteiger charge is -2.09. The normalized spacial score (nSPS) is 11.9. The van der Waals surface area contributed by atoms with Crippen LogP contribution in [0.25, 0.3) is 0 Å². The van der Waals surface area contributed by atoms with E-state index in [1.165, 1.54) is 12.1 Å². The van der Waals surface area contributed by atoms with Gasteiger partial charge in [0.25, 0.3) is 6.48 Å². The summed E-state index contributed by atoms with van der Waals surface area (Å²) in [5, 5.41) is 14.2. The van der Waals surface area contributed by atoms with Crippen LogP contribution in [0.3, 0.4) is 0 Å². The number of methoxy groups -OCH3 is 1. The van der Waals surface area contributed by atoms with Crippen molar-refractivity contribution in [3.8, 4) is 0 Å². The van der Waals surface area contributed by atoms with E-state index < -0.39 is 16.6 Å². The third-order valence-electron chi connectivity index (χ3n) is 1.44. The smallest absolute Gasteiger partial charge is 0.301 e. The van der Waals surface area contributed by atoms with Gasteiger partial charge in [0, 0.05) is 7.11 Å². The first kappa shape index (κ1) is 15.4. The predicted octanol–water partition coefficient (Wildman–Crippen LogP) is 0.215. The maximum atomic E-state index is 11.3.